The van der Waals surface area contributed by atoms with Crippen LogP contribution < -0.4 is 0 Å². The maximum atomic E-state index is 11.3. The molecule has 15 heavy (non-hydrogen) atoms. The van der Waals surface area contributed by atoms with E-state index < -0.39 is 0 Å². The predicted molar refractivity (Wildman–Crippen MR) is 58.9 cm³/mol. The molecule has 1 fully saturated rings. The first kappa shape index (κ1) is 11.4. The van der Waals surface area contributed by atoms with Crippen molar-refractivity contribution in [2.75, 3.05) is 0 Å². The lowest BCUT2D eigenvalue weighted by Gasteiger charge is -2.10. The first-order chi connectivity index (χ1) is 7.20. The molecule has 0 aromatic carbocycles. The van der Waals surface area contributed by atoms with Crippen LogP contribution in [0.25, 0.3) is 0 Å². The smallest absolute Gasteiger partial charge is 0.335 e. The van der Waals surface area contributed by atoms with Crippen LogP contribution in [0.2, 0.25) is 0 Å². The Kier molecular flexibility index (Phi) is 3.97. The van der Waals surface area contributed by atoms with Crippen molar-refractivity contribution < 1.29 is 9.53 Å². The number of ether oxygens (including phenoxy) is 1. The fourth-order valence-electron chi connectivity index (χ4n) is 1.57. The van der Waals surface area contributed by atoms with Gasteiger partial charge in [0.25, 0.3) is 0 Å². The van der Waals surface area contributed by atoms with Gasteiger partial charge in [0.15, 0.2) is 6.10 Å². The van der Waals surface area contributed by atoms with Crippen molar-refractivity contribution in [2.45, 2.75) is 25.9 Å². The van der Waals surface area contributed by atoms with Crippen molar-refractivity contribution in [1.82, 2.24) is 0 Å². The van der Waals surface area contributed by atoms with E-state index in [2.05, 4.69) is 30.7 Å². The first-order valence-corrected chi connectivity index (χ1v) is 4.87. The number of esters is 1. The second-order valence-corrected chi connectivity index (χ2v) is 3.34. The minimum atomic E-state index is -0.326. The lowest BCUT2D eigenvalue weighted by atomic mass is 9.92. The third-order valence-electron chi connectivity index (χ3n) is 2.36. The number of hydrogen-bond donors (Lipinski definition) is 0. The Labute approximate surface area is 90.3 Å². The van der Waals surface area contributed by atoms with E-state index in [0.717, 1.165) is 12.8 Å². The maximum Gasteiger partial charge on any atom is 0.335 e. The SMILES string of the molecule is C=C=CCC[C@@H]1C(=C)C(=O)O[C@H]1C#CC. The predicted octanol–water partition coefficient (Wildman–Crippen LogP) is 2.23. The van der Waals surface area contributed by atoms with Crippen molar-refractivity contribution in [3.63, 3.8) is 0 Å². The molecular weight excluding hydrogens is 188 g/mol. The Bertz CT molecular complexity index is 375. The van der Waals surface area contributed by atoms with Gasteiger partial charge in [0, 0.05) is 11.5 Å². The minimum absolute atomic E-state index is 0.00884. The third-order valence-corrected chi connectivity index (χ3v) is 2.36. The van der Waals surface area contributed by atoms with Gasteiger partial charge in [-0.2, -0.15) is 0 Å². The average molecular weight is 202 g/mol. The Morgan fingerprint density at radius 2 is 2.33 bits per heavy atom. The second-order valence-electron chi connectivity index (χ2n) is 3.34. The van der Waals surface area contributed by atoms with Crippen molar-refractivity contribution in [1.29, 1.82) is 0 Å². The van der Waals surface area contributed by atoms with E-state index in [1.165, 1.54) is 0 Å². The summed E-state index contributed by atoms with van der Waals surface area (Å²) < 4.78 is 5.10. The van der Waals surface area contributed by atoms with E-state index >= 15 is 0 Å². The van der Waals surface area contributed by atoms with Gasteiger partial charge in [0.05, 0.1) is 0 Å². The zero-order chi connectivity index (χ0) is 11.3. The van der Waals surface area contributed by atoms with Crippen LogP contribution in [0.5, 0.6) is 0 Å². The molecule has 1 heterocycles. The van der Waals surface area contributed by atoms with Crippen LogP contribution in [0.15, 0.2) is 30.5 Å². The van der Waals surface area contributed by atoms with Crippen LogP contribution in [0.4, 0.5) is 0 Å². The summed E-state index contributed by atoms with van der Waals surface area (Å²) in [6.07, 6.45) is 3.12. The molecule has 0 saturated carbocycles. The fourth-order valence-corrected chi connectivity index (χ4v) is 1.57. The van der Waals surface area contributed by atoms with Gasteiger partial charge in [0.1, 0.15) is 0 Å². The van der Waals surface area contributed by atoms with Crippen molar-refractivity contribution in [2.24, 2.45) is 5.92 Å². The molecule has 2 nitrogen and oxygen atoms in total. The largest absolute Gasteiger partial charge is 0.445 e. The van der Waals surface area contributed by atoms with Crippen LogP contribution >= 0.6 is 0 Å². The molecule has 1 saturated heterocycles. The van der Waals surface area contributed by atoms with Gasteiger partial charge < -0.3 is 4.74 Å². The highest BCUT2D eigenvalue weighted by atomic mass is 16.5. The highest BCUT2D eigenvalue weighted by Crippen LogP contribution is 2.30. The van der Waals surface area contributed by atoms with Gasteiger partial charge in [-0.25, -0.2) is 4.79 Å². The van der Waals surface area contributed by atoms with E-state index in [4.69, 9.17) is 4.74 Å². The van der Waals surface area contributed by atoms with Gasteiger partial charge in [-0.1, -0.05) is 19.1 Å². The molecule has 0 radical (unpaired) electrons. The van der Waals surface area contributed by atoms with Crippen LogP contribution in [0.3, 0.4) is 0 Å². The zero-order valence-corrected chi connectivity index (χ0v) is 8.88. The van der Waals surface area contributed by atoms with Gasteiger partial charge >= 0.3 is 5.97 Å². The number of hydrogen-bond acceptors (Lipinski definition) is 2. The molecule has 0 aliphatic carbocycles. The number of cyclic esters (lactones) is 1. The molecular formula is C13H14O2. The van der Waals surface area contributed by atoms with Crippen molar-refractivity contribution >= 4 is 5.97 Å². The number of allylic oxidation sites excluding steroid dienone is 1. The van der Waals surface area contributed by atoms with Gasteiger partial charge in [0.2, 0.25) is 0 Å². The van der Waals surface area contributed by atoms with E-state index in [9.17, 15) is 4.79 Å². The van der Waals surface area contributed by atoms with E-state index in [1.807, 2.05) is 6.08 Å². The Morgan fingerprint density at radius 3 is 2.93 bits per heavy atom. The molecule has 0 aromatic heterocycles. The molecule has 0 aromatic rings. The molecule has 0 amide bonds. The summed E-state index contributed by atoms with van der Waals surface area (Å²) in [4.78, 5) is 11.3. The standard InChI is InChI=1S/C13H14O2/c1-4-6-7-9-11-10(3)13(14)15-12(11)8-5-2/h6,11-12H,1,3,7,9H2,2H3/t11-,12+/m1/s1. The first-order valence-electron chi connectivity index (χ1n) is 4.87. The average Bonchev–Trinajstić information content (AvgIpc) is 2.47. The summed E-state index contributed by atoms with van der Waals surface area (Å²) in [6, 6.07) is 0. The summed E-state index contributed by atoms with van der Waals surface area (Å²) in [6.45, 7) is 8.95. The lowest BCUT2D eigenvalue weighted by Crippen LogP contribution is -2.14. The van der Waals surface area contributed by atoms with E-state index in [-0.39, 0.29) is 18.0 Å². The van der Waals surface area contributed by atoms with Gasteiger partial charge in [-0.05, 0) is 25.8 Å². The summed E-state index contributed by atoms with van der Waals surface area (Å²) in [5.41, 5.74) is 3.23. The van der Waals surface area contributed by atoms with E-state index in [0.29, 0.717) is 5.57 Å². The Morgan fingerprint density at radius 1 is 1.60 bits per heavy atom. The summed E-state index contributed by atoms with van der Waals surface area (Å²) in [5.74, 6) is 5.33. The minimum Gasteiger partial charge on any atom is -0.445 e. The summed E-state index contributed by atoms with van der Waals surface area (Å²) in [7, 11) is 0. The van der Waals surface area contributed by atoms with Crippen LogP contribution in [0.1, 0.15) is 19.8 Å². The molecule has 2 heteroatoms. The number of carbonyl (C=O) groups is 1. The maximum absolute atomic E-state index is 11.3. The fraction of sp³-hybridized carbons (Fsp3) is 0.385. The Hall–Kier alpha value is -1.71. The molecule has 0 N–H and O–H groups in total. The summed E-state index contributed by atoms with van der Waals surface area (Å²) >= 11 is 0. The second kappa shape index (κ2) is 5.24. The van der Waals surface area contributed by atoms with Crippen LogP contribution in [0, 0.1) is 17.8 Å². The molecule has 0 spiro atoms. The Balaban J connectivity index is 2.71. The molecule has 78 valence electrons. The molecule has 2 atom stereocenters. The van der Waals surface area contributed by atoms with E-state index in [1.54, 1.807) is 6.92 Å². The lowest BCUT2D eigenvalue weighted by molar-refractivity contribution is -0.137. The van der Waals surface area contributed by atoms with Gasteiger partial charge in [-0.3, -0.25) is 0 Å². The monoisotopic (exact) mass is 202 g/mol. The summed E-state index contributed by atoms with van der Waals surface area (Å²) in [5, 5.41) is 0. The highest BCUT2D eigenvalue weighted by molar-refractivity contribution is 5.91. The zero-order valence-electron chi connectivity index (χ0n) is 8.88. The molecule has 1 rings (SSSR count). The molecule has 1 aliphatic rings. The highest BCUT2D eigenvalue weighted by Gasteiger charge is 2.36. The molecule has 0 unspecified atom stereocenters. The number of rotatable bonds is 3. The quantitative estimate of drug-likeness (QED) is 0.303. The van der Waals surface area contributed by atoms with Crippen molar-refractivity contribution in [3.8, 4) is 11.8 Å². The topological polar surface area (TPSA) is 26.3 Å². The molecule has 0 bridgehead atoms. The third kappa shape index (κ3) is 2.62. The van der Waals surface area contributed by atoms with Crippen LogP contribution in [-0.2, 0) is 9.53 Å². The number of carbonyl (C=O) groups excluding carboxylic acids is 1. The molecule has 1 aliphatic heterocycles. The normalized spacial score (nSPS) is 23.8. The van der Waals surface area contributed by atoms with Crippen LogP contribution in [-0.4, -0.2) is 12.1 Å². The van der Waals surface area contributed by atoms with Crippen molar-refractivity contribution in [3.05, 3.63) is 30.5 Å². The van der Waals surface area contributed by atoms with Gasteiger partial charge in [-0.15, -0.1) is 11.7 Å².